The molecule has 0 saturated carbocycles. The number of ether oxygens (including phenoxy) is 1. The van der Waals surface area contributed by atoms with Gasteiger partial charge in [-0.3, -0.25) is 4.79 Å². The van der Waals surface area contributed by atoms with Gasteiger partial charge in [0.2, 0.25) is 5.91 Å². The first-order chi connectivity index (χ1) is 14.8. The Bertz CT molecular complexity index is 1060. The van der Waals surface area contributed by atoms with E-state index in [1.165, 1.54) is 11.8 Å². The summed E-state index contributed by atoms with van der Waals surface area (Å²) in [5, 5.41) is 11.5. The fraction of sp³-hybridized carbons (Fsp3) is 0.136. The number of rotatable bonds is 9. The van der Waals surface area contributed by atoms with Gasteiger partial charge in [-0.2, -0.15) is 0 Å². The number of hydrogen-bond donors (Lipinski definition) is 1. The number of carbonyl (C=O) groups excluding carboxylic acids is 1. The summed E-state index contributed by atoms with van der Waals surface area (Å²) in [5.41, 5.74) is 1.82. The molecule has 0 saturated heterocycles. The Morgan fingerprint density at radius 2 is 1.90 bits per heavy atom. The van der Waals surface area contributed by atoms with E-state index < -0.39 is 0 Å². The third kappa shape index (κ3) is 5.51. The molecule has 0 aliphatic heterocycles. The molecule has 4 rings (SSSR count). The number of hydrogen-bond acceptors (Lipinski definition) is 6. The van der Waals surface area contributed by atoms with Crippen molar-refractivity contribution in [1.82, 2.24) is 14.8 Å². The molecule has 7 nitrogen and oxygen atoms in total. The monoisotopic (exact) mass is 420 g/mol. The van der Waals surface area contributed by atoms with Crippen LogP contribution in [0.15, 0.2) is 88.9 Å². The summed E-state index contributed by atoms with van der Waals surface area (Å²) in [4.78, 5) is 12.3. The molecule has 0 radical (unpaired) electrons. The van der Waals surface area contributed by atoms with E-state index in [1.54, 1.807) is 12.6 Å². The molecule has 152 valence electrons. The van der Waals surface area contributed by atoms with Crippen molar-refractivity contribution in [3.05, 3.63) is 90.6 Å². The van der Waals surface area contributed by atoms with Crippen molar-refractivity contribution in [3.8, 4) is 5.75 Å². The maximum absolute atomic E-state index is 12.3. The van der Waals surface area contributed by atoms with Crippen molar-refractivity contribution in [2.24, 2.45) is 0 Å². The van der Waals surface area contributed by atoms with Crippen LogP contribution in [0.2, 0.25) is 0 Å². The van der Waals surface area contributed by atoms with Crippen LogP contribution in [0.25, 0.3) is 0 Å². The Labute approximate surface area is 178 Å². The van der Waals surface area contributed by atoms with E-state index in [-0.39, 0.29) is 11.7 Å². The average Bonchev–Trinajstić information content (AvgIpc) is 3.45. The van der Waals surface area contributed by atoms with E-state index in [0.717, 1.165) is 17.1 Å². The molecule has 1 amide bonds. The number of nitrogens with one attached hydrogen (secondary N) is 1. The lowest BCUT2D eigenvalue weighted by molar-refractivity contribution is -0.113. The van der Waals surface area contributed by atoms with Crippen LogP contribution in [-0.4, -0.2) is 26.4 Å². The van der Waals surface area contributed by atoms with Gasteiger partial charge < -0.3 is 19.0 Å². The number of amides is 1. The molecular formula is C22H20N4O3S. The van der Waals surface area contributed by atoms with Gasteiger partial charge in [0, 0.05) is 5.69 Å². The molecule has 0 unspecified atom stereocenters. The standard InChI is InChI=1S/C22H20N4O3S/c27-21(15-30-22-25-23-16-26(22)13-20-7-4-12-28-20)24-18-8-10-19(11-9-18)29-14-17-5-2-1-3-6-17/h1-12,16H,13-15H2,(H,24,27). The van der Waals surface area contributed by atoms with Gasteiger partial charge in [-0.05, 0) is 42.0 Å². The highest BCUT2D eigenvalue weighted by molar-refractivity contribution is 7.99. The third-order valence-corrected chi connectivity index (χ3v) is 5.19. The molecule has 8 heteroatoms. The highest BCUT2D eigenvalue weighted by Crippen LogP contribution is 2.19. The maximum Gasteiger partial charge on any atom is 0.234 e. The van der Waals surface area contributed by atoms with E-state index in [9.17, 15) is 4.79 Å². The Balaban J connectivity index is 1.25. The number of nitrogens with zero attached hydrogens (tertiary/aromatic N) is 3. The number of furan rings is 1. The predicted octanol–water partition coefficient (Wildman–Crippen LogP) is 4.23. The van der Waals surface area contributed by atoms with E-state index in [2.05, 4.69) is 15.5 Å². The minimum Gasteiger partial charge on any atom is -0.489 e. The molecule has 0 aliphatic carbocycles. The molecule has 0 fully saturated rings. The van der Waals surface area contributed by atoms with Crippen molar-refractivity contribution in [1.29, 1.82) is 0 Å². The number of benzene rings is 2. The molecule has 0 atom stereocenters. The van der Waals surface area contributed by atoms with E-state index >= 15 is 0 Å². The molecule has 1 N–H and O–H groups in total. The van der Waals surface area contributed by atoms with Crippen molar-refractivity contribution >= 4 is 23.4 Å². The quantitative estimate of drug-likeness (QED) is 0.408. The van der Waals surface area contributed by atoms with Crippen LogP contribution in [0.3, 0.4) is 0 Å². The summed E-state index contributed by atoms with van der Waals surface area (Å²) in [5.74, 6) is 1.65. The van der Waals surface area contributed by atoms with Gasteiger partial charge in [-0.25, -0.2) is 0 Å². The van der Waals surface area contributed by atoms with Crippen molar-refractivity contribution in [2.45, 2.75) is 18.3 Å². The minimum absolute atomic E-state index is 0.120. The molecule has 2 aromatic heterocycles. The molecule has 2 heterocycles. The summed E-state index contributed by atoms with van der Waals surface area (Å²) in [6.45, 7) is 1.02. The first-order valence-corrected chi connectivity index (χ1v) is 10.3. The second-order valence-electron chi connectivity index (χ2n) is 6.46. The molecule has 30 heavy (non-hydrogen) atoms. The van der Waals surface area contributed by atoms with Gasteiger partial charge in [-0.1, -0.05) is 42.1 Å². The highest BCUT2D eigenvalue weighted by Gasteiger charge is 2.10. The van der Waals surface area contributed by atoms with Crippen molar-refractivity contribution in [2.75, 3.05) is 11.1 Å². The lowest BCUT2D eigenvalue weighted by Gasteiger charge is -2.09. The van der Waals surface area contributed by atoms with Gasteiger partial charge in [0.15, 0.2) is 5.16 Å². The Morgan fingerprint density at radius 3 is 2.67 bits per heavy atom. The van der Waals surface area contributed by atoms with Crippen molar-refractivity contribution in [3.63, 3.8) is 0 Å². The summed E-state index contributed by atoms with van der Waals surface area (Å²) in [7, 11) is 0. The number of aromatic nitrogens is 3. The lowest BCUT2D eigenvalue weighted by atomic mass is 10.2. The second kappa shape index (κ2) is 9.80. The third-order valence-electron chi connectivity index (χ3n) is 4.21. The molecule has 0 aliphatic rings. The SMILES string of the molecule is O=C(CSc1nncn1Cc1ccco1)Nc1ccc(OCc2ccccc2)cc1. The van der Waals surface area contributed by atoms with Crippen molar-refractivity contribution < 1.29 is 13.9 Å². The van der Waals surface area contributed by atoms with Crippen LogP contribution in [-0.2, 0) is 17.9 Å². The molecule has 0 bridgehead atoms. The van der Waals surface area contributed by atoms with E-state index in [1.807, 2.05) is 71.3 Å². The number of anilines is 1. The fourth-order valence-electron chi connectivity index (χ4n) is 2.74. The molecule has 2 aromatic carbocycles. The van der Waals surface area contributed by atoms with Gasteiger partial charge in [-0.15, -0.1) is 10.2 Å². The van der Waals surface area contributed by atoms with Crippen LogP contribution in [0, 0.1) is 0 Å². The van der Waals surface area contributed by atoms with Crippen LogP contribution < -0.4 is 10.1 Å². The largest absolute Gasteiger partial charge is 0.489 e. The van der Waals surface area contributed by atoms with Crippen LogP contribution >= 0.6 is 11.8 Å². The van der Waals surface area contributed by atoms with Crippen LogP contribution in [0.5, 0.6) is 5.75 Å². The first-order valence-electron chi connectivity index (χ1n) is 9.36. The number of thioether (sulfide) groups is 1. The zero-order chi connectivity index (χ0) is 20.6. The van der Waals surface area contributed by atoms with Gasteiger partial charge in [0.05, 0.1) is 18.6 Å². The molecule has 0 spiro atoms. The second-order valence-corrected chi connectivity index (χ2v) is 7.40. The summed E-state index contributed by atoms with van der Waals surface area (Å²) in [6.07, 6.45) is 3.24. The Morgan fingerprint density at radius 1 is 1.07 bits per heavy atom. The van der Waals surface area contributed by atoms with Gasteiger partial charge in [0.1, 0.15) is 24.4 Å². The Hall–Kier alpha value is -3.52. The normalized spacial score (nSPS) is 10.7. The van der Waals surface area contributed by atoms with Gasteiger partial charge >= 0.3 is 0 Å². The number of carbonyl (C=O) groups is 1. The highest BCUT2D eigenvalue weighted by atomic mass is 32.2. The fourth-order valence-corrected chi connectivity index (χ4v) is 3.45. The zero-order valence-electron chi connectivity index (χ0n) is 16.1. The summed E-state index contributed by atoms with van der Waals surface area (Å²) in [6, 6.07) is 21.0. The van der Waals surface area contributed by atoms with Gasteiger partial charge in [0.25, 0.3) is 0 Å². The predicted molar refractivity (Wildman–Crippen MR) is 114 cm³/mol. The minimum atomic E-state index is -0.120. The topological polar surface area (TPSA) is 82.2 Å². The smallest absolute Gasteiger partial charge is 0.234 e. The lowest BCUT2D eigenvalue weighted by Crippen LogP contribution is -2.14. The first kappa shape index (κ1) is 19.8. The average molecular weight is 420 g/mol. The van der Waals surface area contributed by atoms with E-state index in [4.69, 9.17) is 9.15 Å². The molecule has 4 aromatic rings. The van der Waals surface area contributed by atoms with E-state index in [0.29, 0.717) is 24.0 Å². The zero-order valence-corrected chi connectivity index (χ0v) is 16.9. The van der Waals surface area contributed by atoms with Crippen LogP contribution in [0.1, 0.15) is 11.3 Å². The Kier molecular flexibility index (Phi) is 6.46. The van der Waals surface area contributed by atoms with Crippen LogP contribution in [0.4, 0.5) is 5.69 Å². The summed E-state index contributed by atoms with van der Waals surface area (Å²) >= 11 is 1.32. The summed E-state index contributed by atoms with van der Waals surface area (Å²) < 4.78 is 12.9. The maximum atomic E-state index is 12.3. The molecular weight excluding hydrogens is 400 g/mol.